The number of halogens is 1. The summed E-state index contributed by atoms with van der Waals surface area (Å²) in [5.74, 6) is 0.784. The highest BCUT2D eigenvalue weighted by Gasteiger charge is 2.10. The van der Waals surface area contributed by atoms with E-state index in [-0.39, 0.29) is 11.7 Å². The van der Waals surface area contributed by atoms with Crippen LogP contribution in [0, 0.1) is 10.1 Å². The molecule has 0 aliphatic rings. The molecule has 0 amide bonds. The van der Waals surface area contributed by atoms with Gasteiger partial charge in [0.15, 0.2) is 0 Å². The third-order valence-electron chi connectivity index (χ3n) is 2.74. The second kappa shape index (κ2) is 5.90. The smallest absolute Gasteiger partial charge is 0.273 e. The van der Waals surface area contributed by atoms with Crippen LogP contribution in [0.2, 0.25) is 5.02 Å². The van der Waals surface area contributed by atoms with Crippen molar-refractivity contribution in [2.75, 3.05) is 0 Å². The summed E-state index contributed by atoms with van der Waals surface area (Å²) in [5.41, 5.74) is 6.62. The predicted octanol–water partition coefficient (Wildman–Crippen LogP) is 4.06. The van der Waals surface area contributed by atoms with Crippen molar-refractivity contribution in [2.45, 2.75) is 13.0 Å². The average molecular weight is 293 g/mol. The first-order valence-corrected chi connectivity index (χ1v) is 6.32. The van der Waals surface area contributed by atoms with Crippen LogP contribution in [0.25, 0.3) is 0 Å². The minimum absolute atomic E-state index is 0.0363. The first-order valence-electron chi connectivity index (χ1n) is 5.94. The summed E-state index contributed by atoms with van der Waals surface area (Å²) in [4.78, 5) is 10.2. The molecule has 0 aliphatic carbocycles. The lowest BCUT2D eigenvalue weighted by Crippen LogP contribution is -2.04. The minimum atomic E-state index is -0.479. The van der Waals surface area contributed by atoms with Gasteiger partial charge in [-0.3, -0.25) is 10.1 Å². The van der Waals surface area contributed by atoms with E-state index >= 15 is 0 Å². The van der Waals surface area contributed by atoms with E-state index in [4.69, 9.17) is 22.1 Å². The normalized spacial score (nSPS) is 11.9. The molecular formula is C14H13ClN2O3. The number of nitro benzene ring substituents is 1. The zero-order chi connectivity index (χ0) is 14.7. The summed E-state index contributed by atoms with van der Waals surface area (Å²) < 4.78 is 5.56. The van der Waals surface area contributed by atoms with Crippen LogP contribution >= 0.6 is 11.6 Å². The highest BCUT2D eigenvalue weighted by molar-refractivity contribution is 6.32. The standard InChI is InChI=1S/C14H13ClN2O3/c1-9(16)10-5-6-14(13(15)7-10)20-12-4-2-3-11(8-12)17(18)19/h2-9H,16H2,1H3/t9-/m0/s1. The maximum Gasteiger partial charge on any atom is 0.273 e. The third-order valence-corrected chi connectivity index (χ3v) is 3.03. The molecule has 2 rings (SSSR count). The molecule has 2 aromatic rings. The fraction of sp³-hybridized carbons (Fsp3) is 0.143. The summed E-state index contributed by atoms with van der Waals surface area (Å²) in [5, 5.41) is 11.1. The van der Waals surface area contributed by atoms with Crippen molar-refractivity contribution in [3.63, 3.8) is 0 Å². The van der Waals surface area contributed by atoms with Gasteiger partial charge in [0.05, 0.1) is 16.0 Å². The van der Waals surface area contributed by atoms with Gasteiger partial charge >= 0.3 is 0 Å². The molecule has 0 aliphatic heterocycles. The lowest BCUT2D eigenvalue weighted by atomic mass is 10.1. The number of nitrogens with zero attached hydrogens (tertiary/aromatic N) is 1. The van der Waals surface area contributed by atoms with E-state index in [0.29, 0.717) is 16.5 Å². The van der Waals surface area contributed by atoms with Crippen molar-refractivity contribution >= 4 is 17.3 Å². The van der Waals surface area contributed by atoms with Gasteiger partial charge in [-0.1, -0.05) is 23.7 Å². The van der Waals surface area contributed by atoms with Gasteiger partial charge in [-0.15, -0.1) is 0 Å². The molecule has 2 aromatic carbocycles. The van der Waals surface area contributed by atoms with Crippen molar-refractivity contribution in [2.24, 2.45) is 5.73 Å². The molecule has 20 heavy (non-hydrogen) atoms. The zero-order valence-corrected chi connectivity index (χ0v) is 11.5. The molecule has 6 heteroatoms. The Bertz CT molecular complexity index is 644. The largest absolute Gasteiger partial charge is 0.456 e. The summed E-state index contributed by atoms with van der Waals surface area (Å²) >= 11 is 6.11. The molecule has 0 unspecified atom stereocenters. The lowest BCUT2D eigenvalue weighted by Gasteiger charge is -2.10. The Balaban J connectivity index is 2.26. The number of benzene rings is 2. The SMILES string of the molecule is C[C@H](N)c1ccc(Oc2cccc([N+](=O)[O-])c2)c(Cl)c1. The van der Waals surface area contributed by atoms with Crippen LogP contribution in [0.3, 0.4) is 0 Å². The minimum Gasteiger partial charge on any atom is -0.456 e. The van der Waals surface area contributed by atoms with E-state index in [1.54, 1.807) is 24.3 Å². The molecule has 0 heterocycles. The van der Waals surface area contributed by atoms with Crippen molar-refractivity contribution in [3.8, 4) is 11.5 Å². The first kappa shape index (κ1) is 14.3. The topological polar surface area (TPSA) is 78.4 Å². The Hall–Kier alpha value is -2.11. The Labute approximate surface area is 121 Å². The van der Waals surface area contributed by atoms with Crippen molar-refractivity contribution in [1.82, 2.24) is 0 Å². The summed E-state index contributed by atoms with van der Waals surface area (Å²) in [7, 11) is 0. The van der Waals surface area contributed by atoms with Gasteiger partial charge in [0.2, 0.25) is 0 Å². The molecule has 0 saturated heterocycles. The van der Waals surface area contributed by atoms with E-state index in [9.17, 15) is 10.1 Å². The van der Waals surface area contributed by atoms with Crippen molar-refractivity contribution in [1.29, 1.82) is 0 Å². The fourth-order valence-electron chi connectivity index (χ4n) is 1.67. The molecule has 0 aromatic heterocycles. The number of ether oxygens (including phenoxy) is 1. The van der Waals surface area contributed by atoms with Crippen LogP contribution in [0.4, 0.5) is 5.69 Å². The van der Waals surface area contributed by atoms with Gasteiger partial charge in [0.25, 0.3) is 5.69 Å². The maximum absolute atomic E-state index is 10.7. The van der Waals surface area contributed by atoms with Gasteiger partial charge in [0, 0.05) is 12.1 Å². The van der Waals surface area contributed by atoms with Crippen LogP contribution in [0.5, 0.6) is 11.5 Å². The number of nitrogens with two attached hydrogens (primary N) is 1. The molecule has 0 radical (unpaired) electrons. The van der Waals surface area contributed by atoms with Gasteiger partial charge < -0.3 is 10.5 Å². The van der Waals surface area contributed by atoms with Crippen LogP contribution in [0.1, 0.15) is 18.5 Å². The molecule has 0 saturated carbocycles. The monoisotopic (exact) mass is 292 g/mol. The molecule has 0 spiro atoms. The number of non-ortho nitro benzene ring substituents is 1. The molecule has 0 bridgehead atoms. The average Bonchev–Trinajstić information content (AvgIpc) is 2.41. The summed E-state index contributed by atoms with van der Waals surface area (Å²) in [6.45, 7) is 1.85. The molecule has 5 nitrogen and oxygen atoms in total. The quantitative estimate of drug-likeness (QED) is 0.681. The van der Waals surface area contributed by atoms with E-state index in [1.807, 2.05) is 13.0 Å². The van der Waals surface area contributed by atoms with Gasteiger partial charge in [-0.05, 0) is 30.7 Å². The molecule has 1 atom stereocenters. The van der Waals surface area contributed by atoms with Gasteiger partial charge in [-0.25, -0.2) is 0 Å². The molecule has 104 valence electrons. The Morgan fingerprint density at radius 1 is 1.30 bits per heavy atom. The number of nitro groups is 1. The number of rotatable bonds is 4. The van der Waals surface area contributed by atoms with E-state index in [0.717, 1.165) is 5.56 Å². The molecular weight excluding hydrogens is 280 g/mol. The Morgan fingerprint density at radius 3 is 2.65 bits per heavy atom. The van der Waals surface area contributed by atoms with E-state index in [1.165, 1.54) is 12.1 Å². The van der Waals surface area contributed by atoms with E-state index < -0.39 is 4.92 Å². The maximum atomic E-state index is 10.7. The third kappa shape index (κ3) is 3.26. The second-order valence-corrected chi connectivity index (χ2v) is 4.74. The Morgan fingerprint density at radius 2 is 2.05 bits per heavy atom. The zero-order valence-electron chi connectivity index (χ0n) is 10.7. The first-order chi connectivity index (χ1) is 9.47. The Kier molecular flexibility index (Phi) is 4.22. The van der Waals surface area contributed by atoms with Gasteiger partial charge in [0.1, 0.15) is 11.5 Å². The summed E-state index contributed by atoms with van der Waals surface area (Å²) in [6.07, 6.45) is 0. The highest BCUT2D eigenvalue weighted by atomic mass is 35.5. The summed E-state index contributed by atoms with van der Waals surface area (Å²) in [6, 6.07) is 11.0. The molecule has 0 fully saturated rings. The second-order valence-electron chi connectivity index (χ2n) is 4.34. The highest BCUT2D eigenvalue weighted by Crippen LogP contribution is 2.32. The van der Waals surface area contributed by atoms with Crippen molar-refractivity contribution in [3.05, 3.63) is 63.2 Å². The number of hydrogen-bond acceptors (Lipinski definition) is 4. The lowest BCUT2D eigenvalue weighted by molar-refractivity contribution is -0.384. The van der Waals surface area contributed by atoms with Crippen LogP contribution in [-0.2, 0) is 0 Å². The van der Waals surface area contributed by atoms with Gasteiger partial charge in [-0.2, -0.15) is 0 Å². The van der Waals surface area contributed by atoms with E-state index in [2.05, 4.69) is 0 Å². The van der Waals surface area contributed by atoms with Crippen LogP contribution in [0.15, 0.2) is 42.5 Å². The van der Waals surface area contributed by atoms with Crippen LogP contribution < -0.4 is 10.5 Å². The fourth-order valence-corrected chi connectivity index (χ4v) is 1.90. The predicted molar refractivity (Wildman–Crippen MR) is 77.2 cm³/mol. The van der Waals surface area contributed by atoms with Crippen molar-refractivity contribution < 1.29 is 9.66 Å². The molecule has 2 N–H and O–H groups in total. The van der Waals surface area contributed by atoms with Crippen LogP contribution in [-0.4, -0.2) is 4.92 Å². The number of hydrogen-bond donors (Lipinski definition) is 1.